The zero-order valence-electron chi connectivity index (χ0n) is 11.8. The van der Waals surface area contributed by atoms with Gasteiger partial charge in [0.2, 0.25) is 5.91 Å². The summed E-state index contributed by atoms with van der Waals surface area (Å²) in [5, 5.41) is 7.31. The molecule has 6 heteroatoms. The number of furan rings is 1. The summed E-state index contributed by atoms with van der Waals surface area (Å²) in [6.45, 7) is 0. The first-order valence-electron chi connectivity index (χ1n) is 7.26. The van der Waals surface area contributed by atoms with Crippen molar-refractivity contribution in [3.05, 3.63) is 36.4 Å². The van der Waals surface area contributed by atoms with Gasteiger partial charge in [0.25, 0.3) is 0 Å². The molecule has 2 aromatic rings. The molecule has 1 aliphatic carbocycles. The van der Waals surface area contributed by atoms with Crippen LogP contribution in [-0.4, -0.2) is 21.4 Å². The molecule has 0 unspecified atom stereocenters. The first-order valence-corrected chi connectivity index (χ1v) is 8.42. The smallest absolute Gasteiger partial charge is 0.235 e. The summed E-state index contributed by atoms with van der Waals surface area (Å²) in [7, 11) is 0. The molecule has 1 N–H and O–H groups in total. The van der Waals surface area contributed by atoms with Gasteiger partial charge in [0.15, 0.2) is 0 Å². The van der Waals surface area contributed by atoms with Crippen molar-refractivity contribution in [3.63, 3.8) is 0 Å². The van der Waals surface area contributed by atoms with Crippen LogP contribution < -0.4 is 5.32 Å². The van der Waals surface area contributed by atoms with Crippen molar-refractivity contribution in [3.8, 4) is 0 Å². The van der Waals surface area contributed by atoms with Crippen LogP contribution in [0.4, 0.5) is 5.82 Å². The number of rotatable bonds is 6. The molecule has 0 aromatic carbocycles. The van der Waals surface area contributed by atoms with Gasteiger partial charge in [-0.3, -0.25) is 4.79 Å². The monoisotopic (exact) mass is 305 g/mol. The van der Waals surface area contributed by atoms with Crippen molar-refractivity contribution in [2.24, 2.45) is 0 Å². The van der Waals surface area contributed by atoms with E-state index < -0.39 is 0 Å². The maximum Gasteiger partial charge on any atom is 0.235 e. The Balaban J connectivity index is 1.49. The van der Waals surface area contributed by atoms with Gasteiger partial charge in [-0.1, -0.05) is 12.8 Å². The molecule has 3 rings (SSSR count). The summed E-state index contributed by atoms with van der Waals surface area (Å²) >= 11 is 1.54. The largest absolute Gasteiger partial charge is 0.468 e. The van der Waals surface area contributed by atoms with Crippen molar-refractivity contribution in [2.75, 3.05) is 11.1 Å². The molecule has 112 valence electrons. The van der Waals surface area contributed by atoms with Gasteiger partial charge >= 0.3 is 0 Å². The second-order valence-electron chi connectivity index (χ2n) is 5.22. The van der Waals surface area contributed by atoms with Gasteiger partial charge in [-0.05, 0) is 25.0 Å². The molecule has 1 fully saturated rings. The zero-order chi connectivity index (χ0) is 14.5. The molecule has 0 bridgehead atoms. The van der Waals surface area contributed by atoms with Gasteiger partial charge in [-0.25, -0.2) is 4.68 Å². The fraction of sp³-hybridized carbons (Fsp3) is 0.467. The van der Waals surface area contributed by atoms with E-state index >= 15 is 0 Å². The van der Waals surface area contributed by atoms with Crippen LogP contribution in [0.3, 0.4) is 0 Å². The van der Waals surface area contributed by atoms with Crippen LogP contribution in [0.1, 0.15) is 37.5 Å². The quantitative estimate of drug-likeness (QED) is 0.888. The second kappa shape index (κ2) is 6.85. The van der Waals surface area contributed by atoms with E-state index in [-0.39, 0.29) is 5.91 Å². The van der Waals surface area contributed by atoms with Gasteiger partial charge in [0, 0.05) is 6.07 Å². The average Bonchev–Trinajstić information content (AvgIpc) is 3.20. The number of aromatic nitrogens is 2. The Morgan fingerprint density at radius 3 is 3.05 bits per heavy atom. The normalized spacial score (nSPS) is 15.4. The molecule has 0 aliphatic heterocycles. The lowest BCUT2D eigenvalue weighted by Crippen LogP contribution is -2.19. The Morgan fingerprint density at radius 2 is 2.29 bits per heavy atom. The van der Waals surface area contributed by atoms with E-state index in [1.54, 1.807) is 24.2 Å². The minimum absolute atomic E-state index is 0.00584. The highest BCUT2D eigenvalue weighted by atomic mass is 32.2. The van der Waals surface area contributed by atoms with Crippen LogP contribution in [0, 0.1) is 0 Å². The SMILES string of the molecule is O=C(CSCc1ccco1)Nc1ccnn1C1CCCC1. The molecule has 1 saturated carbocycles. The number of thioether (sulfide) groups is 1. The number of hydrogen-bond donors (Lipinski definition) is 1. The van der Waals surface area contributed by atoms with Crippen LogP contribution >= 0.6 is 11.8 Å². The minimum atomic E-state index is 0.00584. The Kier molecular flexibility index (Phi) is 4.65. The van der Waals surface area contributed by atoms with E-state index in [9.17, 15) is 4.79 Å². The molecule has 0 spiro atoms. The predicted octanol–water partition coefficient (Wildman–Crippen LogP) is 3.46. The Hall–Kier alpha value is -1.69. The maximum absolute atomic E-state index is 12.0. The molecule has 21 heavy (non-hydrogen) atoms. The molecule has 0 atom stereocenters. The molecule has 0 radical (unpaired) electrons. The van der Waals surface area contributed by atoms with Gasteiger partial charge < -0.3 is 9.73 Å². The zero-order valence-corrected chi connectivity index (χ0v) is 12.6. The highest BCUT2D eigenvalue weighted by Gasteiger charge is 2.20. The van der Waals surface area contributed by atoms with E-state index in [2.05, 4.69) is 10.4 Å². The van der Waals surface area contributed by atoms with Crippen LogP contribution in [0.5, 0.6) is 0 Å². The number of hydrogen-bond acceptors (Lipinski definition) is 4. The van der Waals surface area contributed by atoms with Crippen LogP contribution in [0.15, 0.2) is 35.1 Å². The van der Waals surface area contributed by atoms with Crippen LogP contribution in [0.25, 0.3) is 0 Å². The van der Waals surface area contributed by atoms with Gasteiger partial charge in [-0.15, -0.1) is 11.8 Å². The van der Waals surface area contributed by atoms with Crippen molar-refractivity contribution < 1.29 is 9.21 Å². The van der Waals surface area contributed by atoms with E-state index in [1.165, 1.54) is 12.8 Å². The molecule has 1 aliphatic rings. The van der Waals surface area contributed by atoms with Crippen molar-refractivity contribution in [1.82, 2.24) is 9.78 Å². The summed E-state index contributed by atoms with van der Waals surface area (Å²) in [4.78, 5) is 12.0. The highest BCUT2D eigenvalue weighted by molar-refractivity contribution is 7.99. The highest BCUT2D eigenvalue weighted by Crippen LogP contribution is 2.31. The first kappa shape index (κ1) is 14.3. The van der Waals surface area contributed by atoms with Crippen molar-refractivity contribution >= 4 is 23.5 Å². The summed E-state index contributed by atoms with van der Waals surface area (Å²) < 4.78 is 7.20. The molecule has 2 heterocycles. The summed E-state index contributed by atoms with van der Waals surface area (Å²) in [6.07, 6.45) is 8.20. The average molecular weight is 305 g/mol. The number of amides is 1. The fourth-order valence-corrected chi connectivity index (χ4v) is 3.40. The number of anilines is 1. The minimum Gasteiger partial charge on any atom is -0.468 e. The number of nitrogens with one attached hydrogen (secondary N) is 1. The molecule has 5 nitrogen and oxygen atoms in total. The van der Waals surface area contributed by atoms with E-state index in [0.29, 0.717) is 17.5 Å². The predicted molar refractivity (Wildman–Crippen MR) is 83.2 cm³/mol. The topological polar surface area (TPSA) is 60.1 Å². The lowest BCUT2D eigenvalue weighted by molar-refractivity contribution is -0.113. The fourth-order valence-electron chi connectivity index (χ4n) is 2.67. The van der Waals surface area contributed by atoms with Crippen LogP contribution in [0.2, 0.25) is 0 Å². The number of carbonyl (C=O) groups excluding carboxylic acids is 1. The summed E-state index contributed by atoms with van der Waals surface area (Å²) in [5.41, 5.74) is 0. The standard InChI is InChI=1S/C15H19N3O2S/c19-15(11-21-10-13-6-3-9-20-13)17-14-7-8-16-18(14)12-4-1-2-5-12/h3,6-9,12H,1-2,4-5,10-11H2,(H,17,19). The summed E-state index contributed by atoms with van der Waals surface area (Å²) in [6, 6.07) is 6.08. The molecular formula is C15H19N3O2S. The third kappa shape index (κ3) is 3.69. The van der Waals surface area contributed by atoms with Gasteiger partial charge in [0.05, 0.1) is 30.0 Å². The van der Waals surface area contributed by atoms with Crippen molar-refractivity contribution in [2.45, 2.75) is 37.5 Å². The first-order chi connectivity index (χ1) is 10.3. The number of nitrogens with zero attached hydrogens (tertiary/aromatic N) is 2. The van der Waals surface area contributed by atoms with Gasteiger partial charge in [-0.2, -0.15) is 5.10 Å². The summed E-state index contributed by atoms with van der Waals surface area (Å²) in [5.74, 6) is 2.83. The van der Waals surface area contributed by atoms with Crippen molar-refractivity contribution in [1.29, 1.82) is 0 Å². The lowest BCUT2D eigenvalue weighted by atomic mass is 10.2. The molecule has 1 amide bonds. The molecule has 0 saturated heterocycles. The molecule has 2 aromatic heterocycles. The Morgan fingerprint density at radius 1 is 1.43 bits per heavy atom. The Labute approximate surface area is 128 Å². The lowest BCUT2D eigenvalue weighted by Gasteiger charge is -2.14. The van der Waals surface area contributed by atoms with Gasteiger partial charge in [0.1, 0.15) is 11.6 Å². The third-order valence-corrected chi connectivity index (χ3v) is 4.62. The number of carbonyl (C=O) groups is 1. The third-order valence-electron chi connectivity index (χ3n) is 3.67. The second-order valence-corrected chi connectivity index (χ2v) is 6.21. The van der Waals surface area contributed by atoms with E-state index in [0.717, 1.165) is 24.4 Å². The Bertz CT molecular complexity index is 574. The van der Waals surface area contributed by atoms with Crippen LogP contribution in [-0.2, 0) is 10.5 Å². The maximum atomic E-state index is 12.0. The van der Waals surface area contributed by atoms with E-state index in [4.69, 9.17) is 4.42 Å². The molecular weight excluding hydrogens is 286 g/mol. The van der Waals surface area contributed by atoms with E-state index in [1.807, 2.05) is 22.9 Å².